The van der Waals surface area contributed by atoms with Gasteiger partial charge in [0.2, 0.25) is 11.5 Å². The van der Waals surface area contributed by atoms with Crippen LogP contribution in [-0.4, -0.2) is 27.6 Å². The molecule has 0 N–H and O–H groups in total. The summed E-state index contributed by atoms with van der Waals surface area (Å²) in [5, 5.41) is 0. The molecule has 0 bridgehead atoms. The Morgan fingerprint density at radius 2 is 1.23 bits per heavy atom. The quantitative estimate of drug-likeness (QED) is 0.695. The van der Waals surface area contributed by atoms with Gasteiger partial charge in [-0.3, -0.25) is 0 Å². The van der Waals surface area contributed by atoms with Crippen LogP contribution in [-0.2, 0) is 0 Å². The van der Waals surface area contributed by atoms with Crippen molar-refractivity contribution < 1.29 is 18.6 Å². The van der Waals surface area contributed by atoms with Crippen LogP contribution in [0.2, 0.25) is 0 Å². The molecule has 0 aromatic heterocycles. The third-order valence-electron chi connectivity index (χ3n) is 4.38. The van der Waals surface area contributed by atoms with Gasteiger partial charge in [-0.15, -0.1) is 0 Å². The molecule has 0 amide bonds. The summed E-state index contributed by atoms with van der Waals surface area (Å²) in [7, 11) is 0. The minimum atomic E-state index is -0.951. The molecule has 3 aliphatic heterocycles. The van der Waals surface area contributed by atoms with E-state index in [-0.39, 0.29) is 0 Å². The molecular formula is C18H16N2O2+2. The summed E-state index contributed by atoms with van der Waals surface area (Å²) in [5.74, 6) is 1.71. The van der Waals surface area contributed by atoms with E-state index in [4.69, 9.17) is 9.47 Å². The first kappa shape index (κ1) is 12.0. The van der Waals surface area contributed by atoms with Gasteiger partial charge in [0.25, 0.3) is 11.4 Å². The Kier molecular flexibility index (Phi) is 2.28. The zero-order valence-corrected chi connectivity index (χ0v) is 12.1. The number of para-hydroxylation sites is 4. The molecule has 0 aliphatic carbocycles. The van der Waals surface area contributed by atoms with Gasteiger partial charge in [-0.2, -0.15) is 0 Å². The number of benzene rings is 2. The van der Waals surface area contributed by atoms with Crippen LogP contribution in [0.3, 0.4) is 0 Å². The van der Waals surface area contributed by atoms with E-state index in [2.05, 4.69) is 33.7 Å². The largest absolute Gasteiger partial charge is 0.714 e. The fourth-order valence-electron chi connectivity index (χ4n) is 3.40. The average Bonchev–Trinajstić information content (AvgIpc) is 2.99. The van der Waals surface area contributed by atoms with E-state index in [0.717, 1.165) is 42.1 Å². The minimum Gasteiger partial charge on any atom is -0.334 e. The van der Waals surface area contributed by atoms with E-state index in [0.29, 0.717) is 0 Å². The molecule has 0 atom stereocenters. The molecule has 0 unspecified atom stereocenters. The first-order valence-electron chi connectivity index (χ1n) is 7.70. The Balaban J connectivity index is 1.78. The van der Waals surface area contributed by atoms with Crippen LogP contribution in [0, 0.1) is 0 Å². The van der Waals surface area contributed by atoms with Gasteiger partial charge in [-0.25, -0.2) is 0 Å². The highest BCUT2D eigenvalue weighted by atomic mass is 16.8. The summed E-state index contributed by atoms with van der Waals surface area (Å²) in [6.45, 7) is 0. The fraction of sp³-hybridized carbons (Fsp3) is 0.222. The van der Waals surface area contributed by atoms with Crippen molar-refractivity contribution in [1.82, 2.24) is 0 Å². The van der Waals surface area contributed by atoms with Crippen LogP contribution in [0.1, 0.15) is 19.3 Å². The second kappa shape index (κ2) is 4.19. The summed E-state index contributed by atoms with van der Waals surface area (Å²) in [5.41, 5.74) is 2.10. The molecule has 3 heterocycles. The molecular weight excluding hydrogens is 276 g/mol. The molecule has 0 fully saturated rings. The molecule has 4 nitrogen and oxygen atoms in total. The van der Waals surface area contributed by atoms with Crippen LogP contribution >= 0.6 is 0 Å². The summed E-state index contributed by atoms with van der Waals surface area (Å²) >= 11 is 0. The zero-order valence-electron chi connectivity index (χ0n) is 12.1. The van der Waals surface area contributed by atoms with Gasteiger partial charge in [0.15, 0.2) is 12.4 Å². The standard InChI is InChI=1S/C18H16N2O2/c1-6-12-19-14-8-2-4-10-16(14)21-18(19)20(13-7-1)15-9-3-5-11-17(15)22-18/h2-5,8-13H,1,6-7H2/q+2/b19-12+,20-13+. The van der Waals surface area contributed by atoms with Crippen molar-refractivity contribution in [2.45, 2.75) is 25.3 Å². The first-order chi connectivity index (χ1) is 10.9. The Bertz CT molecular complexity index is 769. The molecule has 4 heteroatoms. The molecule has 108 valence electrons. The fourth-order valence-corrected chi connectivity index (χ4v) is 3.40. The van der Waals surface area contributed by atoms with Crippen molar-refractivity contribution in [2.75, 3.05) is 0 Å². The van der Waals surface area contributed by atoms with E-state index in [1.807, 2.05) is 36.4 Å². The second-order valence-corrected chi connectivity index (χ2v) is 5.72. The minimum absolute atomic E-state index is 0.854. The van der Waals surface area contributed by atoms with Crippen LogP contribution < -0.4 is 9.47 Å². The molecule has 2 aromatic carbocycles. The third kappa shape index (κ3) is 1.42. The summed E-state index contributed by atoms with van der Waals surface area (Å²) in [4.78, 5) is 0. The van der Waals surface area contributed by atoms with Crippen molar-refractivity contribution in [3.05, 3.63) is 48.5 Å². The lowest BCUT2D eigenvalue weighted by atomic mass is 10.2. The van der Waals surface area contributed by atoms with Gasteiger partial charge in [-0.05, 0) is 18.6 Å². The summed E-state index contributed by atoms with van der Waals surface area (Å²) in [6.07, 6.45) is 7.51. The molecule has 0 saturated carbocycles. The van der Waals surface area contributed by atoms with E-state index in [9.17, 15) is 0 Å². The number of fused-ring (bicyclic) bond motifs is 4. The number of rotatable bonds is 0. The second-order valence-electron chi connectivity index (χ2n) is 5.72. The maximum atomic E-state index is 6.31. The number of nitrogens with zero attached hydrogens (tertiary/aromatic N) is 2. The molecule has 22 heavy (non-hydrogen) atoms. The van der Waals surface area contributed by atoms with Gasteiger partial charge < -0.3 is 9.47 Å². The lowest BCUT2D eigenvalue weighted by Crippen LogP contribution is -2.53. The van der Waals surface area contributed by atoms with Gasteiger partial charge in [-0.1, -0.05) is 33.4 Å². The topological polar surface area (TPSA) is 24.5 Å². The molecule has 0 radical (unpaired) electrons. The number of hydrogen-bond donors (Lipinski definition) is 0. The monoisotopic (exact) mass is 292 g/mol. The van der Waals surface area contributed by atoms with Crippen LogP contribution in [0.15, 0.2) is 48.5 Å². The predicted octanol–water partition coefficient (Wildman–Crippen LogP) is 3.40. The third-order valence-corrected chi connectivity index (χ3v) is 4.38. The SMILES string of the molecule is C1=[N+]2\c3ccccc3OC23Oc2ccccc2/[N+]3=C\CCC/1. The summed E-state index contributed by atoms with van der Waals surface area (Å²) < 4.78 is 16.9. The predicted molar refractivity (Wildman–Crippen MR) is 82.7 cm³/mol. The van der Waals surface area contributed by atoms with Crippen LogP contribution in [0.4, 0.5) is 11.4 Å². The van der Waals surface area contributed by atoms with Crippen molar-refractivity contribution in [3.63, 3.8) is 0 Å². The van der Waals surface area contributed by atoms with E-state index >= 15 is 0 Å². The lowest BCUT2D eigenvalue weighted by Gasteiger charge is -2.13. The van der Waals surface area contributed by atoms with Crippen molar-refractivity contribution in [2.24, 2.45) is 0 Å². The number of hydrogen-bond acceptors (Lipinski definition) is 2. The Labute approximate surface area is 128 Å². The van der Waals surface area contributed by atoms with Crippen molar-refractivity contribution >= 4 is 23.8 Å². The maximum absolute atomic E-state index is 6.31. The van der Waals surface area contributed by atoms with E-state index < -0.39 is 6.03 Å². The van der Waals surface area contributed by atoms with Gasteiger partial charge in [0.05, 0.1) is 0 Å². The molecule has 2 aromatic rings. The van der Waals surface area contributed by atoms with Gasteiger partial charge in [0, 0.05) is 25.0 Å². The highest BCUT2D eigenvalue weighted by Gasteiger charge is 2.71. The maximum Gasteiger partial charge on any atom is 0.714 e. The smallest absolute Gasteiger partial charge is 0.334 e. The molecule has 5 rings (SSSR count). The van der Waals surface area contributed by atoms with Gasteiger partial charge >= 0.3 is 6.03 Å². The lowest BCUT2D eigenvalue weighted by molar-refractivity contribution is -0.831. The Morgan fingerprint density at radius 3 is 1.77 bits per heavy atom. The first-order valence-corrected chi connectivity index (χ1v) is 7.70. The average molecular weight is 292 g/mol. The Morgan fingerprint density at radius 1 is 0.727 bits per heavy atom. The van der Waals surface area contributed by atoms with Crippen LogP contribution in [0.5, 0.6) is 11.5 Å². The highest BCUT2D eigenvalue weighted by Crippen LogP contribution is 2.49. The number of ether oxygens (including phenoxy) is 2. The summed E-state index contributed by atoms with van der Waals surface area (Å²) in [6, 6.07) is 15.2. The Hall–Kier alpha value is -2.62. The molecule has 0 saturated heterocycles. The van der Waals surface area contributed by atoms with Gasteiger partial charge in [0.1, 0.15) is 0 Å². The van der Waals surface area contributed by atoms with Crippen molar-refractivity contribution in [1.29, 1.82) is 0 Å². The zero-order chi connectivity index (χ0) is 14.6. The van der Waals surface area contributed by atoms with E-state index in [1.54, 1.807) is 0 Å². The van der Waals surface area contributed by atoms with Crippen molar-refractivity contribution in [3.8, 4) is 11.5 Å². The highest BCUT2D eigenvalue weighted by molar-refractivity contribution is 5.63. The normalized spacial score (nSPS) is 24.7. The van der Waals surface area contributed by atoms with E-state index in [1.165, 1.54) is 0 Å². The molecule has 1 spiro atoms. The van der Waals surface area contributed by atoms with Crippen LogP contribution in [0.25, 0.3) is 0 Å². The molecule has 3 aliphatic rings.